The van der Waals surface area contributed by atoms with E-state index < -0.39 is 0 Å². The van der Waals surface area contributed by atoms with Crippen molar-refractivity contribution in [2.45, 2.75) is 33.1 Å². The van der Waals surface area contributed by atoms with Gasteiger partial charge in [0.2, 0.25) is 0 Å². The first-order valence-electron chi connectivity index (χ1n) is 8.12. The molecule has 0 bridgehead atoms. The van der Waals surface area contributed by atoms with Gasteiger partial charge in [-0.05, 0) is 55.2 Å². The Bertz CT molecular complexity index is 720. The molecule has 0 N–H and O–H groups in total. The van der Waals surface area contributed by atoms with E-state index in [1.54, 1.807) is 0 Å². The van der Waals surface area contributed by atoms with Crippen molar-refractivity contribution in [2.24, 2.45) is 0 Å². The van der Waals surface area contributed by atoms with Crippen LogP contribution in [-0.4, -0.2) is 4.57 Å². The lowest BCUT2D eigenvalue weighted by Gasteiger charge is -2.13. The monoisotopic (exact) mass is 289 g/mol. The molecule has 0 spiro atoms. The number of rotatable bonds is 5. The van der Waals surface area contributed by atoms with Gasteiger partial charge in [0.25, 0.3) is 0 Å². The van der Waals surface area contributed by atoms with Gasteiger partial charge in [-0.1, -0.05) is 55.8 Å². The third-order valence-electron chi connectivity index (χ3n) is 4.16. The highest BCUT2D eigenvalue weighted by Crippen LogP contribution is 2.26. The van der Waals surface area contributed by atoms with Gasteiger partial charge < -0.3 is 4.57 Å². The van der Waals surface area contributed by atoms with Gasteiger partial charge in [0.1, 0.15) is 0 Å². The molecule has 0 fully saturated rings. The summed E-state index contributed by atoms with van der Waals surface area (Å²) in [5.41, 5.74) is 6.43. The summed E-state index contributed by atoms with van der Waals surface area (Å²) < 4.78 is 2.33. The number of hydrogen-bond donors (Lipinski definition) is 0. The van der Waals surface area contributed by atoms with Crippen molar-refractivity contribution >= 4 is 0 Å². The second kappa shape index (κ2) is 6.65. The van der Waals surface area contributed by atoms with Crippen molar-refractivity contribution in [1.82, 2.24) is 4.57 Å². The van der Waals surface area contributed by atoms with Crippen LogP contribution in [0.3, 0.4) is 0 Å². The molecule has 112 valence electrons. The smallest absolute Gasteiger partial charge is 0.0531 e. The van der Waals surface area contributed by atoms with E-state index in [9.17, 15) is 0 Å². The van der Waals surface area contributed by atoms with Crippen molar-refractivity contribution < 1.29 is 0 Å². The minimum absolute atomic E-state index is 1.17. The molecule has 0 saturated heterocycles. The van der Waals surface area contributed by atoms with Gasteiger partial charge in [0.15, 0.2) is 0 Å². The molecule has 3 aromatic rings. The number of hydrogen-bond acceptors (Lipinski definition) is 0. The summed E-state index contributed by atoms with van der Waals surface area (Å²) in [5.74, 6) is 0. The first-order valence-corrected chi connectivity index (χ1v) is 8.12. The standard InChI is InChI=1S/C21H23N/c1-3-4-8-18-12-14-20(15-13-18)22-17(2)11-16-21(22)19-9-6-5-7-10-19/h5-7,9-16H,3-4,8H2,1-2H3. The molecule has 0 saturated carbocycles. The molecule has 0 aliphatic rings. The van der Waals surface area contributed by atoms with Gasteiger partial charge in [0.05, 0.1) is 5.69 Å². The highest BCUT2D eigenvalue weighted by atomic mass is 15.0. The van der Waals surface area contributed by atoms with Crippen LogP contribution in [0.2, 0.25) is 0 Å². The van der Waals surface area contributed by atoms with Crippen molar-refractivity contribution in [3.05, 3.63) is 78.0 Å². The zero-order chi connectivity index (χ0) is 15.4. The second-order valence-corrected chi connectivity index (χ2v) is 5.83. The minimum Gasteiger partial charge on any atom is -0.314 e. The first-order chi connectivity index (χ1) is 10.8. The zero-order valence-corrected chi connectivity index (χ0v) is 13.4. The third-order valence-corrected chi connectivity index (χ3v) is 4.16. The number of unbranched alkanes of at least 4 members (excludes halogenated alkanes) is 1. The van der Waals surface area contributed by atoms with Crippen LogP contribution < -0.4 is 0 Å². The van der Waals surface area contributed by atoms with E-state index in [0.717, 1.165) is 0 Å². The molecule has 22 heavy (non-hydrogen) atoms. The lowest BCUT2D eigenvalue weighted by atomic mass is 10.1. The highest BCUT2D eigenvalue weighted by Gasteiger charge is 2.09. The quantitative estimate of drug-likeness (QED) is 0.560. The number of nitrogens with zero attached hydrogens (tertiary/aromatic N) is 1. The molecule has 1 nitrogen and oxygen atoms in total. The van der Waals surface area contributed by atoms with Gasteiger partial charge in [-0.25, -0.2) is 0 Å². The largest absolute Gasteiger partial charge is 0.314 e. The Kier molecular flexibility index (Phi) is 4.43. The SMILES string of the molecule is CCCCc1ccc(-n2c(C)ccc2-c2ccccc2)cc1. The Balaban J connectivity index is 1.97. The Morgan fingerprint density at radius 1 is 0.818 bits per heavy atom. The van der Waals surface area contributed by atoms with Crippen LogP contribution in [-0.2, 0) is 6.42 Å². The summed E-state index contributed by atoms with van der Waals surface area (Å²) in [6.07, 6.45) is 3.68. The minimum atomic E-state index is 1.17. The molecule has 3 rings (SSSR count). The topological polar surface area (TPSA) is 4.93 Å². The number of aromatic nitrogens is 1. The van der Waals surface area contributed by atoms with Gasteiger partial charge in [-0.2, -0.15) is 0 Å². The lowest BCUT2D eigenvalue weighted by molar-refractivity contribution is 0.794. The van der Waals surface area contributed by atoms with Crippen LogP contribution in [0.5, 0.6) is 0 Å². The lowest BCUT2D eigenvalue weighted by Crippen LogP contribution is -1.99. The molecule has 1 heteroatoms. The maximum absolute atomic E-state index is 2.33. The third kappa shape index (κ3) is 2.99. The van der Waals surface area contributed by atoms with Crippen LogP contribution in [0.4, 0.5) is 0 Å². The molecule has 1 heterocycles. The molecule has 0 aliphatic heterocycles. The van der Waals surface area contributed by atoms with Gasteiger partial charge in [-0.3, -0.25) is 0 Å². The van der Waals surface area contributed by atoms with Crippen LogP contribution in [0.1, 0.15) is 31.0 Å². The number of benzene rings is 2. The predicted molar refractivity (Wildman–Crippen MR) is 94.6 cm³/mol. The average molecular weight is 289 g/mol. The molecule has 0 aliphatic carbocycles. The Hall–Kier alpha value is -2.28. The van der Waals surface area contributed by atoms with Crippen LogP contribution in [0, 0.1) is 6.92 Å². The summed E-state index contributed by atoms with van der Waals surface area (Å²) in [4.78, 5) is 0. The van der Waals surface area contributed by atoms with Gasteiger partial charge >= 0.3 is 0 Å². The van der Waals surface area contributed by atoms with Crippen molar-refractivity contribution in [3.63, 3.8) is 0 Å². The van der Waals surface area contributed by atoms with E-state index in [4.69, 9.17) is 0 Å². The highest BCUT2D eigenvalue weighted by molar-refractivity contribution is 5.64. The fraction of sp³-hybridized carbons (Fsp3) is 0.238. The van der Waals surface area contributed by atoms with Crippen molar-refractivity contribution in [2.75, 3.05) is 0 Å². The summed E-state index contributed by atoms with van der Waals surface area (Å²) in [5, 5.41) is 0. The van der Waals surface area contributed by atoms with E-state index in [-0.39, 0.29) is 0 Å². The molecule has 0 amide bonds. The Morgan fingerprint density at radius 2 is 1.55 bits per heavy atom. The number of aryl methyl sites for hydroxylation is 2. The predicted octanol–water partition coefficient (Wildman–Crippen LogP) is 5.80. The van der Waals surface area contributed by atoms with E-state index in [1.807, 2.05) is 0 Å². The van der Waals surface area contributed by atoms with E-state index in [0.29, 0.717) is 0 Å². The van der Waals surface area contributed by atoms with Crippen LogP contribution in [0.15, 0.2) is 66.7 Å². The second-order valence-electron chi connectivity index (χ2n) is 5.83. The Labute approximate surface area is 133 Å². The molecule has 0 unspecified atom stereocenters. The molecule has 1 aromatic heterocycles. The van der Waals surface area contributed by atoms with Gasteiger partial charge in [-0.15, -0.1) is 0 Å². The summed E-state index contributed by atoms with van der Waals surface area (Å²) in [7, 11) is 0. The average Bonchev–Trinajstić information content (AvgIpc) is 2.96. The van der Waals surface area contributed by atoms with E-state index in [2.05, 4.69) is 85.1 Å². The maximum atomic E-state index is 2.33. The molecule has 0 atom stereocenters. The molecule has 0 radical (unpaired) electrons. The zero-order valence-electron chi connectivity index (χ0n) is 13.4. The van der Waals surface area contributed by atoms with Crippen LogP contribution in [0.25, 0.3) is 16.9 Å². The van der Waals surface area contributed by atoms with Crippen molar-refractivity contribution in [1.29, 1.82) is 0 Å². The normalized spacial score (nSPS) is 10.8. The summed E-state index contributed by atoms with van der Waals surface area (Å²) in [6.45, 7) is 4.40. The van der Waals surface area contributed by atoms with E-state index >= 15 is 0 Å². The fourth-order valence-electron chi connectivity index (χ4n) is 2.91. The summed E-state index contributed by atoms with van der Waals surface area (Å²) >= 11 is 0. The molecular weight excluding hydrogens is 266 g/mol. The van der Waals surface area contributed by atoms with E-state index in [1.165, 1.54) is 47.5 Å². The summed E-state index contributed by atoms with van der Waals surface area (Å²) in [6, 6.07) is 24.0. The Morgan fingerprint density at radius 3 is 2.23 bits per heavy atom. The molecule has 2 aromatic carbocycles. The van der Waals surface area contributed by atoms with Crippen molar-refractivity contribution in [3.8, 4) is 16.9 Å². The first kappa shape index (κ1) is 14.6. The maximum Gasteiger partial charge on any atom is 0.0531 e. The van der Waals surface area contributed by atoms with Gasteiger partial charge in [0, 0.05) is 11.4 Å². The molecular formula is C21H23N. The van der Waals surface area contributed by atoms with Crippen LogP contribution >= 0.6 is 0 Å². The fourth-order valence-corrected chi connectivity index (χ4v) is 2.91.